The molecule has 0 unspecified atom stereocenters. The molecule has 2 heteroatoms. The Morgan fingerprint density at radius 2 is 2.00 bits per heavy atom. The fraction of sp³-hybridized carbons (Fsp3) is 0.750. The molecule has 1 fully saturated rings. The summed E-state index contributed by atoms with van der Waals surface area (Å²) in [6.07, 6.45) is 0.852. The largest absolute Gasteiger partial charge is 0.325 e. The zero-order chi connectivity index (χ0) is 7.99. The van der Waals surface area contributed by atoms with E-state index in [1.54, 1.807) is 6.92 Å². The quantitative estimate of drug-likeness (QED) is 0.556. The smallest absolute Gasteiger partial charge is 0.135 e. The fourth-order valence-corrected chi connectivity index (χ4v) is 1.53. The van der Waals surface area contributed by atoms with Crippen molar-refractivity contribution >= 4 is 0 Å². The molecule has 0 aromatic heterocycles. The third-order valence-electron chi connectivity index (χ3n) is 2.13. The van der Waals surface area contributed by atoms with Crippen LogP contribution in [0.1, 0.15) is 26.7 Å². The summed E-state index contributed by atoms with van der Waals surface area (Å²) in [5, 5.41) is 0. The summed E-state index contributed by atoms with van der Waals surface area (Å²) in [6, 6.07) is 0. The first-order valence-corrected chi connectivity index (χ1v) is 3.50. The molecule has 0 saturated heterocycles. The number of allylic oxidation sites excluding steroid dienone is 1. The highest BCUT2D eigenvalue weighted by molar-refractivity contribution is 5.21. The van der Waals surface area contributed by atoms with Gasteiger partial charge in [0.05, 0.1) is 0 Å². The van der Waals surface area contributed by atoms with Gasteiger partial charge >= 0.3 is 0 Å². The summed E-state index contributed by atoms with van der Waals surface area (Å²) in [6.45, 7) is 7.17. The first kappa shape index (κ1) is 7.73. The van der Waals surface area contributed by atoms with Crippen molar-refractivity contribution in [3.05, 3.63) is 12.2 Å². The van der Waals surface area contributed by atoms with Crippen molar-refractivity contribution in [1.82, 2.24) is 0 Å². The zero-order valence-corrected chi connectivity index (χ0v) is 6.58. The number of halogens is 1. The standard InChI is InChI=1S/C8H14FN/c1-6(2)8(9)4-7(3,10)5-8/h1,4-5,10H2,2-3H3. The van der Waals surface area contributed by atoms with Crippen molar-refractivity contribution in [3.8, 4) is 0 Å². The predicted molar refractivity (Wildman–Crippen MR) is 40.5 cm³/mol. The summed E-state index contributed by atoms with van der Waals surface area (Å²) in [5.74, 6) is 0. The lowest BCUT2D eigenvalue weighted by atomic mass is 9.65. The molecular formula is C8H14FN. The van der Waals surface area contributed by atoms with Crippen LogP contribution in [0, 0.1) is 0 Å². The number of nitrogens with two attached hydrogens (primary N) is 1. The molecule has 1 nitrogen and oxygen atoms in total. The van der Waals surface area contributed by atoms with Crippen LogP contribution in [0.4, 0.5) is 4.39 Å². The second-order valence-corrected chi connectivity index (χ2v) is 3.75. The van der Waals surface area contributed by atoms with Gasteiger partial charge in [-0.05, 0) is 19.4 Å². The maximum atomic E-state index is 13.3. The molecule has 58 valence electrons. The number of alkyl halides is 1. The van der Waals surface area contributed by atoms with E-state index in [1.165, 1.54) is 0 Å². The van der Waals surface area contributed by atoms with Crippen molar-refractivity contribution in [2.75, 3.05) is 0 Å². The van der Waals surface area contributed by atoms with Gasteiger partial charge in [0.2, 0.25) is 0 Å². The molecule has 0 aliphatic heterocycles. The Bertz CT molecular complexity index is 164. The van der Waals surface area contributed by atoms with Crippen LogP contribution >= 0.6 is 0 Å². The monoisotopic (exact) mass is 143 g/mol. The average molecular weight is 143 g/mol. The Hall–Kier alpha value is -0.370. The number of rotatable bonds is 1. The highest BCUT2D eigenvalue weighted by Crippen LogP contribution is 2.46. The third kappa shape index (κ3) is 1.08. The molecule has 10 heavy (non-hydrogen) atoms. The highest BCUT2D eigenvalue weighted by Gasteiger charge is 2.50. The van der Waals surface area contributed by atoms with Crippen LogP contribution < -0.4 is 5.73 Å². The molecule has 0 radical (unpaired) electrons. The van der Waals surface area contributed by atoms with Gasteiger partial charge in [0.15, 0.2) is 0 Å². The van der Waals surface area contributed by atoms with Crippen molar-refractivity contribution in [2.45, 2.75) is 37.9 Å². The van der Waals surface area contributed by atoms with E-state index in [-0.39, 0.29) is 5.54 Å². The lowest BCUT2D eigenvalue weighted by molar-refractivity contribution is 0.0305. The average Bonchev–Trinajstić information content (AvgIpc) is 1.59. The Morgan fingerprint density at radius 3 is 2.10 bits per heavy atom. The summed E-state index contributed by atoms with van der Waals surface area (Å²) >= 11 is 0. The fourth-order valence-electron chi connectivity index (χ4n) is 1.53. The van der Waals surface area contributed by atoms with Crippen LogP contribution in [0.3, 0.4) is 0 Å². The van der Waals surface area contributed by atoms with Gasteiger partial charge in [-0.3, -0.25) is 0 Å². The molecule has 1 saturated carbocycles. The Labute approximate surface area is 61.1 Å². The van der Waals surface area contributed by atoms with Crippen LogP contribution in [0.5, 0.6) is 0 Å². The van der Waals surface area contributed by atoms with Gasteiger partial charge in [-0.2, -0.15) is 0 Å². The van der Waals surface area contributed by atoms with Crippen LogP contribution in [0.15, 0.2) is 12.2 Å². The number of hydrogen-bond acceptors (Lipinski definition) is 1. The van der Waals surface area contributed by atoms with Crippen molar-refractivity contribution in [1.29, 1.82) is 0 Å². The van der Waals surface area contributed by atoms with E-state index in [4.69, 9.17) is 5.73 Å². The summed E-state index contributed by atoms with van der Waals surface area (Å²) in [7, 11) is 0. The van der Waals surface area contributed by atoms with E-state index in [9.17, 15) is 4.39 Å². The molecule has 0 heterocycles. The molecule has 0 spiro atoms. The molecule has 0 aromatic rings. The van der Waals surface area contributed by atoms with Gasteiger partial charge in [-0.1, -0.05) is 6.58 Å². The second kappa shape index (κ2) is 1.82. The molecule has 0 bridgehead atoms. The molecule has 0 amide bonds. The number of hydrogen-bond donors (Lipinski definition) is 1. The second-order valence-electron chi connectivity index (χ2n) is 3.75. The Morgan fingerprint density at radius 1 is 1.60 bits per heavy atom. The van der Waals surface area contributed by atoms with Gasteiger partial charge in [0.1, 0.15) is 5.67 Å². The van der Waals surface area contributed by atoms with Crippen molar-refractivity contribution in [2.24, 2.45) is 5.73 Å². The molecule has 2 N–H and O–H groups in total. The van der Waals surface area contributed by atoms with Crippen LogP contribution in [-0.4, -0.2) is 11.2 Å². The van der Waals surface area contributed by atoms with Crippen LogP contribution in [0.2, 0.25) is 0 Å². The van der Waals surface area contributed by atoms with Crippen molar-refractivity contribution in [3.63, 3.8) is 0 Å². The third-order valence-corrected chi connectivity index (χ3v) is 2.13. The molecule has 1 rings (SSSR count). The SMILES string of the molecule is C=C(C)C1(F)CC(C)(N)C1. The molecule has 0 aromatic carbocycles. The van der Waals surface area contributed by atoms with Crippen LogP contribution in [0.25, 0.3) is 0 Å². The Kier molecular flexibility index (Phi) is 1.40. The summed E-state index contributed by atoms with van der Waals surface area (Å²) < 4.78 is 13.3. The van der Waals surface area contributed by atoms with E-state index < -0.39 is 5.67 Å². The lowest BCUT2D eigenvalue weighted by Crippen LogP contribution is -2.58. The minimum atomic E-state index is -1.16. The molecular weight excluding hydrogens is 129 g/mol. The topological polar surface area (TPSA) is 26.0 Å². The maximum absolute atomic E-state index is 13.3. The highest BCUT2D eigenvalue weighted by atomic mass is 19.1. The lowest BCUT2D eigenvalue weighted by Gasteiger charge is -2.47. The van der Waals surface area contributed by atoms with Gasteiger partial charge < -0.3 is 5.73 Å². The summed E-state index contributed by atoms with van der Waals surface area (Å²) in [4.78, 5) is 0. The van der Waals surface area contributed by atoms with Crippen LogP contribution in [-0.2, 0) is 0 Å². The van der Waals surface area contributed by atoms with E-state index in [0.717, 1.165) is 0 Å². The van der Waals surface area contributed by atoms with Gasteiger partial charge in [-0.15, -0.1) is 0 Å². The van der Waals surface area contributed by atoms with E-state index in [1.807, 2.05) is 6.92 Å². The minimum Gasteiger partial charge on any atom is -0.325 e. The van der Waals surface area contributed by atoms with Gasteiger partial charge in [-0.25, -0.2) is 4.39 Å². The van der Waals surface area contributed by atoms with Gasteiger partial charge in [0.25, 0.3) is 0 Å². The maximum Gasteiger partial charge on any atom is 0.135 e. The normalized spacial score (nSPS) is 46.4. The van der Waals surface area contributed by atoms with E-state index >= 15 is 0 Å². The van der Waals surface area contributed by atoms with E-state index in [2.05, 4.69) is 6.58 Å². The first-order chi connectivity index (χ1) is 4.36. The van der Waals surface area contributed by atoms with E-state index in [0.29, 0.717) is 18.4 Å². The Balaban J connectivity index is 2.58. The zero-order valence-electron chi connectivity index (χ0n) is 6.58. The van der Waals surface area contributed by atoms with Crippen molar-refractivity contribution < 1.29 is 4.39 Å². The minimum absolute atomic E-state index is 0.298. The first-order valence-electron chi connectivity index (χ1n) is 3.50. The molecule has 0 atom stereocenters. The predicted octanol–water partition coefficient (Wildman–Crippen LogP) is 1.78. The molecule has 1 aliphatic rings. The molecule has 1 aliphatic carbocycles. The van der Waals surface area contributed by atoms with Gasteiger partial charge in [0, 0.05) is 18.4 Å². The summed E-state index contributed by atoms with van der Waals surface area (Å²) in [5.41, 5.74) is 4.80.